The van der Waals surface area contributed by atoms with Crippen molar-refractivity contribution in [1.82, 2.24) is 9.55 Å². The van der Waals surface area contributed by atoms with Crippen LogP contribution in [0.4, 0.5) is 5.69 Å². The van der Waals surface area contributed by atoms with Gasteiger partial charge in [-0.1, -0.05) is 18.2 Å². The highest BCUT2D eigenvalue weighted by molar-refractivity contribution is 5.83. The third kappa shape index (κ3) is 4.11. The number of aryl methyl sites for hydroxylation is 1. The number of rotatable bonds is 7. The maximum absolute atomic E-state index is 5.20. The van der Waals surface area contributed by atoms with E-state index in [0.717, 1.165) is 41.9 Å². The number of ether oxygens (including phenoxy) is 1. The summed E-state index contributed by atoms with van der Waals surface area (Å²) in [4.78, 5) is 4.17. The highest BCUT2D eigenvalue weighted by atomic mass is 16.5. The monoisotopic (exact) mass is 357 g/mol. The molecule has 0 atom stereocenters. The Labute approximate surface area is 159 Å². The fourth-order valence-electron chi connectivity index (χ4n) is 3.21. The molecule has 2 heterocycles. The predicted octanol–water partition coefficient (Wildman–Crippen LogP) is 5.08. The SMILES string of the molecule is COc1ccc(CCCNc2ccn(-c3ccc4cnccc4c3)c2)cc1. The van der Waals surface area contributed by atoms with E-state index in [4.69, 9.17) is 4.74 Å². The van der Waals surface area contributed by atoms with E-state index < -0.39 is 0 Å². The van der Waals surface area contributed by atoms with Crippen LogP contribution in [0.1, 0.15) is 12.0 Å². The van der Waals surface area contributed by atoms with Crippen molar-refractivity contribution in [1.29, 1.82) is 0 Å². The van der Waals surface area contributed by atoms with Crippen molar-refractivity contribution in [2.24, 2.45) is 0 Å². The van der Waals surface area contributed by atoms with Gasteiger partial charge >= 0.3 is 0 Å². The molecule has 0 bridgehead atoms. The van der Waals surface area contributed by atoms with Gasteiger partial charge in [-0.3, -0.25) is 4.98 Å². The standard InChI is InChI=1S/C23H23N3O/c1-27-23-8-4-18(5-9-23)3-2-12-25-21-11-14-26(17-21)22-7-6-20-16-24-13-10-19(20)15-22/h4-11,13-17,25H,2-3,12H2,1H3. The molecule has 27 heavy (non-hydrogen) atoms. The first-order valence-electron chi connectivity index (χ1n) is 9.21. The minimum absolute atomic E-state index is 0.906. The Morgan fingerprint density at radius 1 is 1.00 bits per heavy atom. The molecule has 0 radical (unpaired) electrons. The molecule has 0 spiro atoms. The van der Waals surface area contributed by atoms with E-state index >= 15 is 0 Å². The van der Waals surface area contributed by atoms with Gasteiger partial charge in [0, 0.05) is 42.4 Å². The minimum Gasteiger partial charge on any atom is -0.497 e. The van der Waals surface area contributed by atoms with Gasteiger partial charge in [-0.2, -0.15) is 0 Å². The maximum Gasteiger partial charge on any atom is 0.118 e. The fraction of sp³-hybridized carbons (Fsp3) is 0.174. The lowest BCUT2D eigenvalue weighted by atomic mass is 10.1. The van der Waals surface area contributed by atoms with E-state index in [9.17, 15) is 0 Å². The lowest BCUT2D eigenvalue weighted by Crippen LogP contribution is -2.02. The minimum atomic E-state index is 0.906. The molecule has 0 aliphatic heterocycles. The van der Waals surface area contributed by atoms with Crippen molar-refractivity contribution in [2.75, 3.05) is 19.0 Å². The number of pyridine rings is 1. The lowest BCUT2D eigenvalue weighted by molar-refractivity contribution is 0.414. The van der Waals surface area contributed by atoms with Gasteiger partial charge in [-0.15, -0.1) is 0 Å². The molecule has 0 aliphatic rings. The van der Waals surface area contributed by atoms with Crippen molar-refractivity contribution in [2.45, 2.75) is 12.8 Å². The molecule has 0 unspecified atom stereocenters. The van der Waals surface area contributed by atoms with Gasteiger partial charge in [-0.05, 0) is 60.2 Å². The second kappa shape index (κ2) is 7.96. The highest BCUT2D eigenvalue weighted by Crippen LogP contribution is 2.20. The summed E-state index contributed by atoms with van der Waals surface area (Å²) in [6.07, 6.45) is 10.1. The molecule has 136 valence electrons. The maximum atomic E-state index is 5.20. The number of hydrogen-bond acceptors (Lipinski definition) is 3. The molecule has 0 amide bonds. The van der Waals surface area contributed by atoms with E-state index in [-0.39, 0.29) is 0 Å². The zero-order valence-corrected chi connectivity index (χ0v) is 15.4. The number of fused-ring (bicyclic) bond motifs is 1. The first-order valence-corrected chi connectivity index (χ1v) is 9.21. The largest absolute Gasteiger partial charge is 0.497 e. The molecule has 0 fully saturated rings. The van der Waals surface area contributed by atoms with Crippen molar-refractivity contribution in [3.8, 4) is 11.4 Å². The summed E-state index contributed by atoms with van der Waals surface area (Å²) >= 11 is 0. The van der Waals surface area contributed by atoms with Crippen molar-refractivity contribution in [3.05, 3.63) is 84.9 Å². The van der Waals surface area contributed by atoms with Crippen LogP contribution < -0.4 is 10.1 Å². The van der Waals surface area contributed by atoms with Crippen LogP contribution in [0, 0.1) is 0 Å². The Morgan fingerprint density at radius 2 is 1.89 bits per heavy atom. The third-order valence-electron chi connectivity index (χ3n) is 4.75. The van der Waals surface area contributed by atoms with Crippen LogP contribution in [-0.4, -0.2) is 23.2 Å². The van der Waals surface area contributed by atoms with Gasteiger partial charge in [0.05, 0.1) is 12.8 Å². The van der Waals surface area contributed by atoms with Gasteiger partial charge in [0.25, 0.3) is 0 Å². The molecule has 2 aromatic heterocycles. The summed E-state index contributed by atoms with van der Waals surface area (Å²) in [5.41, 5.74) is 3.63. The summed E-state index contributed by atoms with van der Waals surface area (Å²) < 4.78 is 7.34. The van der Waals surface area contributed by atoms with Gasteiger partial charge in [0.15, 0.2) is 0 Å². The first kappa shape index (κ1) is 17.2. The van der Waals surface area contributed by atoms with E-state index in [0.29, 0.717) is 0 Å². The van der Waals surface area contributed by atoms with Gasteiger partial charge in [0.2, 0.25) is 0 Å². The zero-order valence-electron chi connectivity index (χ0n) is 15.4. The molecule has 2 aromatic carbocycles. The molecular formula is C23H23N3O. The van der Waals surface area contributed by atoms with Gasteiger partial charge < -0.3 is 14.6 Å². The topological polar surface area (TPSA) is 39.1 Å². The van der Waals surface area contributed by atoms with Gasteiger partial charge in [-0.25, -0.2) is 0 Å². The van der Waals surface area contributed by atoms with E-state index in [1.54, 1.807) is 7.11 Å². The quantitative estimate of drug-likeness (QED) is 0.469. The number of benzene rings is 2. The number of anilines is 1. The number of nitrogens with zero attached hydrogens (tertiary/aromatic N) is 2. The smallest absolute Gasteiger partial charge is 0.118 e. The van der Waals surface area contributed by atoms with Crippen LogP contribution in [0.5, 0.6) is 5.75 Å². The molecule has 4 rings (SSSR count). The second-order valence-electron chi connectivity index (χ2n) is 6.59. The van der Waals surface area contributed by atoms with Crippen LogP contribution in [0.15, 0.2) is 79.4 Å². The third-order valence-corrected chi connectivity index (χ3v) is 4.75. The Kier molecular flexibility index (Phi) is 5.06. The Balaban J connectivity index is 1.33. The number of aromatic nitrogens is 2. The summed E-state index contributed by atoms with van der Waals surface area (Å²) in [5, 5.41) is 5.87. The molecule has 0 saturated carbocycles. The normalized spacial score (nSPS) is 10.9. The highest BCUT2D eigenvalue weighted by Gasteiger charge is 2.01. The zero-order chi connectivity index (χ0) is 18.5. The fourth-order valence-corrected chi connectivity index (χ4v) is 3.21. The van der Waals surface area contributed by atoms with Crippen molar-refractivity contribution >= 4 is 16.5 Å². The van der Waals surface area contributed by atoms with E-state index in [1.165, 1.54) is 10.9 Å². The number of nitrogens with one attached hydrogen (secondary N) is 1. The van der Waals surface area contributed by atoms with E-state index in [1.807, 2.05) is 30.6 Å². The summed E-state index contributed by atoms with van der Waals surface area (Å²) in [7, 11) is 1.69. The predicted molar refractivity (Wildman–Crippen MR) is 111 cm³/mol. The average Bonchev–Trinajstić information content (AvgIpc) is 3.20. The molecule has 4 heteroatoms. The van der Waals surface area contributed by atoms with Crippen LogP contribution in [0.2, 0.25) is 0 Å². The van der Waals surface area contributed by atoms with Crippen LogP contribution >= 0.6 is 0 Å². The summed E-state index contributed by atoms with van der Waals surface area (Å²) in [6, 6.07) is 18.9. The molecule has 4 aromatic rings. The Hall–Kier alpha value is -3.27. The van der Waals surface area contributed by atoms with Crippen molar-refractivity contribution < 1.29 is 4.74 Å². The molecule has 0 aliphatic carbocycles. The first-order chi connectivity index (χ1) is 13.3. The summed E-state index contributed by atoms with van der Waals surface area (Å²) in [6.45, 7) is 0.944. The molecule has 4 nitrogen and oxygen atoms in total. The molecule has 0 saturated heterocycles. The second-order valence-corrected chi connectivity index (χ2v) is 6.59. The van der Waals surface area contributed by atoms with Crippen molar-refractivity contribution in [3.63, 3.8) is 0 Å². The lowest BCUT2D eigenvalue weighted by Gasteiger charge is -2.06. The Bertz CT molecular complexity index is 1020. The van der Waals surface area contributed by atoms with Gasteiger partial charge in [0.1, 0.15) is 5.75 Å². The number of hydrogen-bond donors (Lipinski definition) is 1. The van der Waals surface area contributed by atoms with Crippen LogP contribution in [-0.2, 0) is 6.42 Å². The molecular weight excluding hydrogens is 334 g/mol. The molecule has 1 N–H and O–H groups in total. The van der Waals surface area contributed by atoms with Crippen LogP contribution in [0.25, 0.3) is 16.5 Å². The average molecular weight is 357 g/mol. The van der Waals surface area contributed by atoms with E-state index in [2.05, 4.69) is 63.7 Å². The number of methoxy groups -OCH3 is 1. The van der Waals surface area contributed by atoms with Crippen LogP contribution in [0.3, 0.4) is 0 Å². The Morgan fingerprint density at radius 3 is 2.74 bits per heavy atom. The summed E-state index contributed by atoms with van der Waals surface area (Å²) in [5.74, 6) is 0.906.